The third-order valence-corrected chi connectivity index (χ3v) is 3.50. The van der Waals surface area contributed by atoms with Crippen LogP contribution in [0.25, 0.3) is 0 Å². The molecule has 0 aliphatic heterocycles. The molecule has 2 rings (SSSR count). The van der Waals surface area contributed by atoms with Gasteiger partial charge in [-0.15, -0.1) is 0 Å². The summed E-state index contributed by atoms with van der Waals surface area (Å²) in [4.78, 5) is 4.02. The molecule has 2 unspecified atom stereocenters. The van der Waals surface area contributed by atoms with Gasteiger partial charge in [-0.05, 0) is 19.8 Å². The summed E-state index contributed by atoms with van der Waals surface area (Å²) in [5.74, 6) is -0.226. The summed E-state index contributed by atoms with van der Waals surface area (Å²) in [6.07, 6.45) is -1.34. The Labute approximate surface area is 109 Å². The number of nitrogens with one attached hydrogen (secondary N) is 1. The lowest BCUT2D eigenvalue weighted by atomic mass is 9.84. The van der Waals surface area contributed by atoms with E-state index in [4.69, 9.17) is 4.52 Å². The molecule has 2 atom stereocenters. The van der Waals surface area contributed by atoms with Crippen LogP contribution in [-0.4, -0.2) is 28.9 Å². The minimum Gasteiger partial charge on any atom is -0.339 e. The number of alkyl halides is 3. The normalized spacial score (nSPS) is 24.6. The summed E-state index contributed by atoms with van der Waals surface area (Å²) in [6, 6.07) is -0.488. The van der Waals surface area contributed by atoms with Crippen molar-refractivity contribution in [1.29, 1.82) is 0 Å². The predicted octanol–water partition coefficient (Wildman–Crippen LogP) is 2.63. The first kappa shape index (κ1) is 14.3. The molecule has 0 radical (unpaired) electrons. The minimum atomic E-state index is -4.11. The van der Waals surface area contributed by atoms with E-state index in [1.807, 2.05) is 0 Å². The highest BCUT2D eigenvalue weighted by molar-refractivity contribution is 4.88. The van der Waals surface area contributed by atoms with Crippen molar-refractivity contribution in [2.24, 2.45) is 5.92 Å². The Morgan fingerprint density at radius 3 is 2.68 bits per heavy atom. The second-order valence-electron chi connectivity index (χ2n) is 4.98. The third-order valence-electron chi connectivity index (χ3n) is 3.50. The van der Waals surface area contributed by atoms with Gasteiger partial charge in [0.1, 0.15) is 0 Å². The fourth-order valence-corrected chi connectivity index (χ4v) is 2.57. The molecule has 1 aliphatic carbocycles. The van der Waals surface area contributed by atoms with E-state index in [9.17, 15) is 13.2 Å². The number of hydrogen-bond acceptors (Lipinski definition) is 4. The summed E-state index contributed by atoms with van der Waals surface area (Å²) >= 11 is 0. The van der Waals surface area contributed by atoms with Crippen LogP contribution in [0.3, 0.4) is 0 Å². The summed E-state index contributed by atoms with van der Waals surface area (Å²) in [5.41, 5.74) is 0. The van der Waals surface area contributed by atoms with Crippen LogP contribution >= 0.6 is 0 Å². The van der Waals surface area contributed by atoms with Crippen molar-refractivity contribution >= 4 is 0 Å². The van der Waals surface area contributed by atoms with Crippen LogP contribution in [0.15, 0.2) is 4.52 Å². The first-order chi connectivity index (χ1) is 8.97. The number of hydrogen-bond donors (Lipinski definition) is 1. The summed E-state index contributed by atoms with van der Waals surface area (Å²) in [5, 5.41) is 6.63. The monoisotopic (exact) mass is 277 g/mol. The van der Waals surface area contributed by atoms with E-state index in [-0.39, 0.29) is 6.42 Å². The number of nitrogens with zero attached hydrogens (tertiary/aromatic N) is 2. The molecule has 0 saturated heterocycles. The molecule has 1 heterocycles. The van der Waals surface area contributed by atoms with Crippen LogP contribution in [0.2, 0.25) is 0 Å². The Morgan fingerprint density at radius 1 is 1.32 bits per heavy atom. The van der Waals surface area contributed by atoms with Gasteiger partial charge in [0.25, 0.3) is 0 Å². The minimum absolute atomic E-state index is 0.223. The number of rotatable bonds is 4. The Morgan fingerprint density at radius 2 is 2.05 bits per heavy atom. The maximum Gasteiger partial charge on any atom is 0.393 e. The van der Waals surface area contributed by atoms with Gasteiger partial charge in [-0.25, -0.2) is 0 Å². The van der Waals surface area contributed by atoms with E-state index in [1.54, 1.807) is 6.92 Å². The second kappa shape index (κ2) is 5.90. The summed E-state index contributed by atoms with van der Waals surface area (Å²) in [7, 11) is 0. The highest BCUT2D eigenvalue weighted by Crippen LogP contribution is 2.37. The third kappa shape index (κ3) is 3.92. The zero-order valence-electron chi connectivity index (χ0n) is 10.8. The van der Waals surface area contributed by atoms with Crippen molar-refractivity contribution in [3.05, 3.63) is 11.7 Å². The zero-order chi connectivity index (χ0) is 13.9. The topological polar surface area (TPSA) is 51.0 Å². The van der Waals surface area contributed by atoms with Crippen molar-refractivity contribution in [2.45, 2.75) is 51.2 Å². The van der Waals surface area contributed by atoms with Gasteiger partial charge >= 0.3 is 6.18 Å². The highest BCUT2D eigenvalue weighted by atomic mass is 19.4. The standard InChI is InChI=1S/C12H18F3N3O/c1-8-17-11(19-18-8)6-7-16-10-5-3-2-4-9(10)12(13,14)15/h9-10,16H,2-7H2,1H3. The van der Waals surface area contributed by atoms with Crippen LogP contribution in [-0.2, 0) is 6.42 Å². The number of aryl methyl sites for hydroxylation is 1. The van der Waals surface area contributed by atoms with Crippen molar-refractivity contribution in [1.82, 2.24) is 15.5 Å². The lowest BCUT2D eigenvalue weighted by Crippen LogP contribution is -2.46. The molecule has 0 spiro atoms. The Balaban J connectivity index is 1.83. The van der Waals surface area contributed by atoms with Gasteiger partial charge in [0.15, 0.2) is 5.82 Å². The van der Waals surface area contributed by atoms with Gasteiger partial charge in [0.05, 0.1) is 5.92 Å². The molecule has 0 aromatic carbocycles. The van der Waals surface area contributed by atoms with Gasteiger partial charge in [-0.2, -0.15) is 18.2 Å². The number of halogens is 3. The molecule has 4 nitrogen and oxygen atoms in total. The molecule has 1 aromatic heterocycles. The van der Waals surface area contributed by atoms with E-state index >= 15 is 0 Å². The molecule has 0 bridgehead atoms. The molecule has 19 heavy (non-hydrogen) atoms. The first-order valence-electron chi connectivity index (χ1n) is 6.56. The Hall–Kier alpha value is -1.11. The molecule has 1 aliphatic rings. The maximum absolute atomic E-state index is 12.9. The summed E-state index contributed by atoms with van der Waals surface area (Å²) < 4.78 is 43.5. The van der Waals surface area contributed by atoms with Crippen LogP contribution in [0.4, 0.5) is 13.2 Å². The van der Waals surface area contributed by atoms with E-state index in [0.717, 1.165) is 6.42 Å². The van der Waals surface area contributed by atoms with Crippen molar-refractivity contribution in [3.63, 3.8) is 0 Å². The van der Waals surface area contributed by atoms with E-state index in [0.29, 0.717) is 37.5 Å². The fourth-order valence-electron chi connectivity index (χ4n) is 2.57. The molecule has 1 fully saturated rings. The Bertz CT molecular complexity index is 405. The predicted molar refractivity (Wildman–Crippen MR) is 62.5 cm³/mol. The lowest BCUT2D eigenvalue weighted by Gasteiger charge is -2.33. The van der Waals surface area contributed by atoms with Crippen molar-refractivity contribution in [3.8, 4) is 0 Å². The maximum atomic E-state index is 12.9. The largest absolute Gasteiger partial charge is 0.393 e. The highest BCUT2D eigenvalue weighted by Gasteiger charge is 2.45. The van der Waals surface area contributed by atoms with Gasteiger partial charge in [0, 0.05) is 19.0 Å². The van der Waals surface area contributed by atoms with Crippen molar-refractivity contribution in [2.75, 3.05) is 6.54 Å². The molecule has 7 heteroatoms. The molecule has 1 aromatic rings. The number of aromatic nitrogens is 2. The van der Waals surface area contributed by atoms with E-state index < -0.39 is 18.1 Å². The zero-order valence-corrected chi connectivity index (χ0v) is 10.8. The lowest BCUT2D eigenvalue weighted by molar-refractivity contribution is -0.188. The van der Waals surface area contributed by atoms with Gasteiger partial charge < -0.3 is 9.84 Å². The molecular weight excluding hydrogens is 259 g/mol. The SMILES string of the molecule is Cc1noc(CCNC2CCCCC2C(F)(F)F)n1. The van der Waals surface area contributed by atoms with Gasteiger partial charge in [-0.1, -0.05) is 18.0 Å². The van der Waals surface area contributed by atoms with Crippen molar-refractivity contribution < 1.29 is 17.7 Å². The molecule has 0 amide bonds. The van der Waals surface area contributed by atoms with E-state index in [2.05, 4.69) is 15.5 Å². The average molecular weight is 277 g/mol. The molecule has 1 N–H and O–H groups in total. The smallest absolute Gasteiger partial charge is 0.339 e. The van der Waals surface area contributed by atoms with Crippen LogP contribution in [0.1, 0.15) is 37.4 Å². The first-order valence-corrected chi connectivity index (χ1v) is 6.56. The molecular formula is C12H18F3N3O. The van der Waals surface area contributed by atoms with Crippen LogP contribution < -0.4 is 5.32 Å². The second-order valence-corrected chi connectivity index (χ2v) is 4.98. The summed E-state index contributed by atoms with van der Waals surface area (Å²) in [6.45, 7) is 2.14. The molecule has 108 valence electrons. The van der Waals surface area contributed by atoms with E-state index in [1.165, 1.54) is 0 Å². The fraction of sp³-hybridized carbons (Fsp3) is 0.833. The Kier molecular flexibility index (Phi) is 4.44. The van der Waals surface area contributed by atoms with Gasteiger partial charge in [-0.3, -0.25) is 0 Å². The average Bonchev–Trinajstić information content (AvgIpc) is 2.74. The quantitative estimate of drug-likeness (QED) is 0.919. The molecule has 1 saturated carbocycles. The van der Waals surface area contributed by atoms with Crippen LogP contribution in [0, 0.1) is 12.8 Å². The van der Waals surface area contributed by atoms with Crippen LogP contribution in [0.5, 0.6) is 0 Å². The van der Waals surface area contributed by atoms with Gasteiger partial charge in [0.2, 0.25) is 5.89 Å².